The van der Waals surface area contributed by atoms with Crippen LogP contribution in [0.4, 0.5) is 0 Å². The van der Waals surface area contributed by atoms with Crippen LogP contribution in [-0.2, 0) is 14.5 Å². The van der Waals surface area contributed by atoms with E-state index in [4.69, 9.17) is 14.5 Å². The summed E-state index contributed by atoms with van der Waals surface area (Å²) < 4.78 is 5.67. The fraction of sp³-hybridized carbons (Fsp3) is 1.00. The highest BCUT2D eigenvalue weighted by Crippen LogP contribution is 2.40. The van der Waals surface area contributed by atoms with E-state index in [0.29, 0.717) is 6.61 Å². The third-order valence-corrected chi connectivity index (χ3v) is 2.49. The summed E-state index contributed by atoms with van der Waals surface area (Å²) in [6.45, 7) is 12.7. The minimum Gasteiger partial charge on any atom is -0.373 e. The number of ether oxygens (including phenoxy) is 1. The van der Waals surface area contributed by atoms with Crippen LogP contribution in [0.15, 0.2) is 0 Å². The van der Waals surface area contributed by atoms with Crippen LogP contribution >= 0.6 is 0 Å². The van der Waals surface area contributed by atoms with Crippen molar-refractivity contribution in [2.75, 3.05) is 6.61 Å². The zero-order valence-electron chi connectivity index (χ0n) is 9.43. The summed E-state index contributed by atoms with van der Waals surface area (Å²) in [5, 5.41) is 0. The van der Waals surface area contributed by atoms with Gasteiger partial charge in [-0.15, -0.1) is 0 Å². The Kier molecular flexibility index (Phi) is 2.48. The highest BCUT2D eigenvalue weighted by atomic mass is 17.3. The van der Waals surface area contributed by atoms with Crippen LogP contribution in [-0.4, -0.2) is 23.4 Å². The molecule has 0 spiro atoms. The summed E-state index contributed by atoms with van der Waals surface area (Å²) >= 11 is 0. The third-order valence-electron chi connectivity index (χ3n) is 2.49. The van der Waals surface area contributed by atoms with Crippen LogP contribution in [0.1, 0.15) is 41.5 Å². The predicted octanol–water partition coefficient (Wildman–Crippen LogP) is 2.30. The summed E-state index contributed by atoms with van der Waals surface area (Å²) in [4.78, 5) is 10.1. The first-order valence-electron chi connectivity index (χ1n) is 4.67. The van der Waals surface area contributed by atoms with E-state index in [1.54, 1.807) is 0 Å². The lowest BCUT2D eigenvalue weighted by Gasteiger charge is -2.51. The first kappa shape index (κ1) is 11.0. The van der Waals surface area contributed by atoms with Crippen molar-refractivity contribution in [1.82, 2.24) is 0 Å². The molecule has 1 aliphatic rings. The number of hydrogen-bond donors (Lipinski definition) is 0. The van der Waals surface area contributed by atoms with Gasteiger partial charge < -0.3 is 4.74 Å². The van der Waals surface area contributed by atoms with Crippen LogP contribution in [0.25, 0.3) is 0 Å². The maximum atomic E-state index is 5.67. The van der Waals surface area contributed by atoms with Crippen molar-refractivity contribution in [2.24, 2.45) is 0 Å². The second kappa shape index (κ2) is 2.94. The molecule has 0 aliphatic carbocycles. The Morgan fingerprint density at radius 1 is 1.08 bits per heavy atom. The summed E-state index contributed by atoms with van der Waals surface area (Å²) in [6.07, 6.45) is 0. The molecule has 0 saturated carbocycles. The maximum absolute atomic E-state index is 5.67. The largest absolute Gasteiger partial charge is 0.373 e. The normalized spacial score (nSPS) is 32.8. The molecule has 78 valence electrons. The van der Waals surface area contributed by atoms with Gasteiger partial charge in [0.05, 0.1) is 12.2 Å². The molecule has 1 atom stereocenters. The zero-order valence-corrected chi connectivity index (χ0v) is 9.43. The van der Waals surface area contributed by atoms with E-state index < -0.39 is 0 Å². The molecule has 0 aromatic rings. The van der Waals surface area contributed by atoms with E-state index in [2.05, 4.69) is 0 Å². The quantitative estimate of drug-likeness (QED) is 0.622. The lowest BCUT2D eigenvalue weighted by Crippen LogP contribution is -2.64. The second-order valence-corrected chi connectivity index (χ2v) is 5.31. The standard InChI is InChI=1S/C10H20O3/c1-8(2,3)11-7-10(6)9(4,5)12-13-10/h7H2,1-6H3. The van der Waals surface area contributed by atoms with Crippen molar-refractivity contribution < 1.29 is 14.5 Å². The lowest BCUT2D eigenvalue weighted by atomic mass is 9.86. The molecule has 0 bridgehead atoms. The molecule has 3 heteroatoms. The van der Waals surface area contributed by atoms with Gasteiger partial charge in [0.2, 0.25) is 0 Å². The Morgan fingerprint density at radius 3 is 1.85 bits per heavy atom. The Balaban J connectivity index is 2.46. The number of rotatable bonds is 2. The Bertz CT molecular complexity index is 193. The van der Waals surface area contributed by atoms with Crippen molar-refractivity contribution in [2.45, 2.75) is 58.3 Å². The van der Waals surface area contributed by atoms with Crippen LogP contribution in [0.3, 0.4) is 0 Å². The highest BCUT2D eigenvalue weighted by molar-refractivity contribution is 4.96. The minimum atomic E-state index is -0.319. The van der Waals surface area contributed by atoms with E-state index in [0.717, 1.165) is 0 Å². The molecule has 0 amide bonds. The molecule has 1 rings (SSSR count). The van der Waals surface area contributed by atoms with Gasteiger partial charge in [0.25, 0.3) is 0 Å². The Hall–Kier alpha value is -0.120. The van der Waals surface area contributed by atoms with Gasteiger partial charge in [0.1, 0.15) is 5.60 Å². The topological polar surface area (TPSA) is 27.7 Å². The Morgan fingerprint density at radius 2 is 1.62 bits per heavy atom. The molecule has 13 heavy (non-hydrogen) atoms. The monoisotopic (exact) mass is 188 g/mol. The van der Waals surface area contributed by atoms with E-state index in [9.17, 15) is 0 Å². The lowest BCUT2D eigenvalue weighted by molar-refractivity contribution is -0.546. The van der Waals surface area contributed by atoms with Crippen LogP contribution < -0.4 is 0 Å². The van der Waals surface area contributed by atoms with E-state index in [1.165, 1.54) is 0 Å². The molecule has 1 fully saturated rings. The first-order valence-corrected chi connectivity index (χ1v) is 4.67. The number of hydrogen-bond acceptors (Lipinski definition) is 3. The molecule has 0 aromatic carbocycles. The molecular formula is C10H20O3. The van der Waals surface area contributed by atoms with Crippen LogP contribution in [0.2, 0.25) is 0 Å². The SMILES string of the molecule is CC(C)(C)OCC1(C)OOC1(C)C. The van der Waals surface area contributed by atoms with Gasteiger partial charge in [-0.3, -0.25) is 0 Å². The summed E-state index contributed by atoms with van der Waals surface area (Å²) in [5.74, 6) is 0. The van der Waals surface area contributed by atoms with Crippen LogP contribution in [0.5, 0.6) is 0 Å². The molecule has 1 saturated heterocycles. The Labute approximate surface area is 80.3 Å². The van der Waals surface area contributed by atoms with Crippen molar-refractivity contribution in [1.29, 1.82) is 0 Å². The average Bonchev–Trinajstić information content (AvgIpc) is 1.97. The molecule has 1 aliphatic heterocycles. The van der Waals surface area contributed by atoms with Crippen molar-refractivity contribution >= 4 is 0 Å². The van der Waals surface area contributed by atoms with Crippen molar-refractivity contribution in [3.63, 3.8) is 0 Å². The summed E-state index contributed by atoms with van der Waals surface area (Å²) in [6, 6.07) is 0. The molecule has 0 aromatic heterocycles. The minimum absolute atomic E-state index is 0.127. The van der Waals surface area contributed by atoms with Gasteiger partial charge in [-0.1, -0.05) is 0 Å². The van der Waals surface area contributed by atoms with Crippen molar-refractivity contribution in [3.05, 3.63) is 0 Å². The van der Waals surface area contributed by atoms with E-state index in [1.807, 2.05) is 41.5 Å². The van der Waals surface area contributed by atoms with E-state index in [-0.39, 0.29) is 16.8 Å². The van der Waals surface area contributed by atoms with E-state index >= 15 is 0 Å². The smallest absolute Gasteiger partial charge is 0.155 e. The van der Waals surface area contributed by atoms with Gasteiger partial charge in [-0.2, -0.15) is 0 Å². The van der Waals surface area contributed by atoms with Crippen molar-refractivity contribution in [3.8, 4) is 0 Å². The first-order chi connectivity index (χ1) is 5.66. The predicted molar refractivity (Wildman–Crippen MR) is 50.4 cm³/mol. The second-order valence-electron chi connectivity index (χ2n) is 5.31. The fourth-order valence-electron chi connectivity index (χ4n) is 0.903. The molecule has 0 N–H and O–H groups in total. The molecule has 3 nitrogen and oxygen atoms in total. The third kappa shape index (κ3) is 2.22. The summed E-state index contributed by atoms with van der Waals surface area (Å²) in [7, 11) is 0. The van der Waals surface area contributed by atoms with Gasteiger partial charge in [0.15, 0.2) is 5.60 Å². The van der Waals surface area contributed by atoms with Gasteiger partial charge >= 0.3 is 0 Å². The molecule has 1 heterocycles. The van der Waals surface area contributed by atoms with Gasteiger partial charge in [0, 0.05) is 0 Å². The van der Waals surface area contributed by atoms with Gasteiger partial charge in [-0.05, 0) is 41.5 Å². The summed E-state index contributed by atoms with van der Waals surface area (Å²) in [5.41, 5.74) is -0.698. The molecule has 0 radical (unpaired) electrons. The molecular weight excluding hydrogens is 168 g/mol. The maximum Gasteiger partial charge on any atom is 0.155 e. The average molecular weight is 188 g/mol. The fourth-order valence-corrected chi connectivity index (χ4v) is 0.903. The van der Waals surface area contributed by atoms with Gasteiger partial charge in [-0.25, -0.2) is 9.78 Å². The zero-order chi connectivity index (χ0) is 10.3. The molecule has 1 unspecified atom stereocenters. The van der Waals surface area contributed by atoms with Crippen LogP contribution in [0, 0.1) is 0 Å². The highest BCUT2D eigenvalue weighted by Gasteiger charge is 2.55.